The van der Waals surface area contributed by atoms with Crippen LogP contribution in [0.2, 0.25) is 0 Å². The molecule has 0 rings (SSSR count). The van der Waals surface area contributed by atoms with Gasteiger partial charge in [0, 0.05) is 0 Å². The molecule has 0 N–H and O–H groups in total. The normalized spacial score (nSPS) is 12.9. The van der Waals surface area contributed by atoms with Crippen molar-refractivity contribution in [3.8, 4) is 0 Å². The van der Waals surface area contributed by atoms with Crippen LogP contribution in [0.1, 0.15) is 71.1 Å². The fraction of sp³-hybridized carbons (Fsp3) is 1.00. The summed E-state index contributed by atoms with van der Waals surface area (Å²) in [5.74, 6) is 0. The van der Waals surface area contributed by atoms with Gasteiger partial charge in [0.1, 0.15) is 0 Å². The van der Waals surface area contributed by atoms with Crippen LogP contribution in [0.5, 0.6) is 0 Å². The number of unbranched alkanes of at least 4 members (excludes halogenated alkanes) is 9. The van der Waals surface area contributed by atoms with Gasteiger partial charge in [-0.25, -0.2) is 4.21 Å². The smallest absolute Gasteiger partial charge is 0.0842 e. The second kappa shape index (κ2) is 13.1. The topological polar surface area (TPSA) is 49.4 Å². The van der Waals surface area contributed by atoms with Gasteiger partial charge >= 0.3 is 0 Å². The summed E-state index contributed by atoms with van der Waals surface area (Å²) < 4.78 is 24.5. The van der Waals surface area contributed by atoms with Crippen LogP contribution in [-0.4, -0.2) is 15.4 Å². The highest BCUT2D eigenvalue weighted by Crippen LogP contribution is 2.10. The fourth-order valence-corrected chi connectivity index (χ4v) is 1.97. The molecule has 0 saturated heterocycles. The molecule has 4 heteroatoms. The number of hydrogen-bond donors (Lipinski definition) is 0. The molecule has 0 fully saturated rings. The van der Waals surface area contributed by atoms with Gasteiger partial charge in [0.15, 0.2) is 0 Å². The minimum atomic E-state index is -2.33. The molecule has 0 saturated carbocycles. The summed E-state index contributed by atoms with van der Waals surface area (Å²) in [6.45, 7) is 2.57. The van der Waals surface area contributed by atoms with Crippen LogP contribution in [-0.2, 0) is 15.5 Å². The first-order valence-electron chi connectivity index (χ1n) is 6.50. The van der Waals surface area contributed by atoms with Gasteiger partial charge in [0.05, 0.1) is 18.0 Å². The molecule has 0 amide bonds. The minimum absolute atomic E-state index is 0.340. The first kappa shape index (κ1) is 16.1. The van der Waals surface area contributed by atoms with Crippen molar-refractivity contribution >= 4 is 11.4 Å². The van der Waals surface area contributed by atoms with Gasteiger partial charge in [-0.3, -0.25) is 0 Å². The molecule has 1 atom stereocenters. The zero-order valence-corrected chi connectivity index (χ0v) is 11.2. The van der Waals surface area contributed by atoms with Crippen molar-refractivity contribution in [2.45, 2.75) is 71.1 Å². The van der Waals surface area contributed by atoms with Crippen molar-refractivity contribution in [3.05, 3.63) is 0 Å². The monoisotopic (exact) mass is 249 g/mol. The summed E-state index contributed by atoms with van der Waals surface area (Å²) in [7, 11) is 0. The summed E-state index contributed by atoms with van der Waals surface area (Å²) in [5.41, 5.74) is 0. The van der Waals surface area contributed by atoms with Gasteiger partial charge < -0.3 is 8.74 Å². The van der Waals surface area contributed by atoms with Gasteiger partial charge in [0.25, 0.3) is 0 Å². The standard InChI is InChI=1S/C12H26O3S/c1-2-3-4-5-6-7-8-9-10-11-12-15-16(13)14/h2-12H2,1H3,(H,13,14)/p-1. The van der Waals surface area contributed by atoms with E-state index in [1.54, 1.807) is 0 Å². The van der Waals surface area contributed by atoms with E-state index < -0.39 is 11.4 Å². The Hall–Kier alpha value is 0.0700. The Morgan fingerprint density at radius 2 is 1.31 bits per heavy atom. The highest BCUT2D eigenvalue weighted by atomic mass is 32.2. The molecule has 0 bridgehead atoms. The van der Waals surface area contributed by atoms with Crippen LogP contribution in [0, 0.1) is 0 Å². The van der Waals surface area contributed by atoms with E-state index in [1.807, 2.05) is 0 Å². The molecule has 3 nitrogen and oxygen atoms in total. The summed E-state index contributed by atoms with van der Waals surface area (Å²) in [6, 6.07) is 0. The van der Waals surface area contributed by atoms with E-state index in [4.69, 9.17) is 0 Å². The van der Waals surface area contributed by atoms with E-state index in [9.17, 15) is 8.76 Å². The Labute approximate surface area is 102 Å². The summed E-state index contributed by atoms with van der Waals surface area (Å²) in [5, 5.41) is 0. The van der Waals surface area contributed by atoms with Crippen LogP contribution in [0.25, 0.3) is 0 Å². The highest BCUT2D eigenvalue weighted by molar-refractivity contribution is 7.74. The third kappa shape index (κ3) is 14.1. The molecule has 0 radical (unpaired) electrons. The minimum Gasteiger partial charge on any atom is -0.750 e. The molecule has 0 heterocycles. The van der Waals surface area contributed by atoms with E-state index in [0.717, 1.165) is 12.8 Å². The first-order valence-corrected chi connectivity index (χ1v) is 7.50. The molecule has 1 unspecified atom stereocenters. The molecule has 0 aliphatic heterocycles. The average molecular weight is 249 g/mol. The van der Waals surface area contributed by atoms with Crippen molar-refractivity contribution in [1.29, 1.82) is 0 Å². The summed E-state index contributed by atoms with van der Waals surface area (Å²) in [6.07, 6.45) is 12.5. The lowest BCUT2D eigenvalue weighted by Crippen LogP contribution is -1.97. The third-order valence-electron chi connectivity index (χ3n) is 2.68. The zero-order valence-electron chi connectivity index (χ0n) is 10.4. The van der Waals surface area contributed by atoms with E-state index in [1.165, 1.54) is 51.4 Å². The Balaban J connectivity index is 2.90. The van der Waals surface area contributed by atoms with E-state index in [0.29, 0.717) is 6.61 Å². The maximum absolute atomic E-state index is 10.0. The zero-order chi connectivity index (χ0) is 12.1. The predicted molar refractivity (Wildman–Crippen MR) is 66.7 cm³/mol. The molecule has 0 aliphatic carbocycles. The van der Waals surface area contributed by atoms with Crippen molar-refractivity contribution in [3.63, 3.8) is 0 Å². The number of hydrogen-bond acceptors (Lipinski definition) is 3. The van der Waals surface area contributed by atoms with E-state index >= 15 is 0 Å². The number of rotatable bonds is 12. The lowest BCUT2D eigenvalue weighted by Gasteiger charge is -2.05. The van der Waals surface area contributed by atoms with Crippen LogP contribution < -0.4 is 0 Å². The van der Waals surface area contributed by atoms with Gasteiger partial charge in [-0.2, -0.15) is 0 Å². The second-order valence-electron chi connectivity index (χ2n) is 4.21. The van der Waals surface area contributed by atoms with Crippen LogP contribution in [0.3, 0.4) is 0 Å². The van der Waals surface area contributed by atoms with Gasteiger partial charge in [-0.1, -0.05) is 64.7 Å². The molecule has 0 aliphatic rings. The average Bonchev–Trinajstić information content (AvgIpc) is 2.25. The van der Waals surface area contributed by atoms with Crippen molar-refractivity contribution < 1.29 is 12.9 Å². The van der Waals surface area contributed by atoms with Crippen molar-refractivity contribution in [1.82, 2.24) is 0 Å². The fourth-order valence-electron chi connectivity index (χ4n) is 1.72. The van der Waals surface area contributed by atoms with Crippen molar-refractivity contribution in [2.75, 3.05) is 6.61 Å². The third-order valence-corrected chi connectivity index (χ3v) is 3.04. The van der Waals surface area contributed by atoms with E-state index in [2.05, 4.69) is 11.1 Å². The second-order valence-corrected chi connectivity index (χ2v) is 4.85. The Morgan fingerprint density at radius 3 is 1.75 bits per heavy atom. The van der Waals surface area contributed by atoms with Crippen LogP contribution in [0.4, 0.5) is 0 Å². The van der Waals surface area contributed by atoms with Gasteiger partial charge in [-0.15, -0.1) is 0 Å². The lowest BCUT2D eigenvalue weighted by atomic mass is 10.1. The highest BCUT2D eigenvalue weighted by Gasteiger charge is 1.92. The van der Waals surface area contributed by atoms with E-state index in [-0.39, 0.29) is 0 Å². The molecule has 16 heavy (non-hydrogen) atoms. The Morgan fingerprint density at radius 1 is 0.875 bits per heavy atom. The molecule has 0 aromatic rings. The predicted octanol–water partition coefficient (Wildman–Crippen LogP) is 3.72. The van der Waals surface area contributed by atoms with Gasteiger partial charge in [0.2, 0.25) is 0 Å². The quantitative estimate of drug-likeness (QED) is 0.391. The molecule has 0 aromatic carbocycles. The molecular formula is C12H25O3S-. The Kier molecular flexibility index (Phi) is 13.2. The lowest BCUT2D eigenvalue weighted by molar-refractivity contribution is 0.290. The Bertz CT molecular complexity index is 162. The largest absolute Gasteiger partial charge is 0.750 e. The molecule has 0 aromatic heterocycles. The van der Waals surface area contributed by atoms with Gasteiger partial charge in [-0.05, 0) is 6.42 Å². The maximum Gasteiger partial charge on any atom is 0.0842 e. The maximum atomic E-state index is 10.0. The first-order chi connectivity index (χ1) is 7.77. The summed E-state index contributed by atoms with van der Waals surface area (Å²) in [4.78, 5) is 0. The van der Waals surface area contributed by atoms with Crippen LogP contribution >= 0.6 is 0 Å². The SMILES string of the molecule is CCCCCCCCCCCCOS(=O)[O-]. The van der Waals surface area contributed by atoms with Crippen molar-refractivity contribution in [2.24, 2.45) is 0 Å². The molecular weight excluding hydrogens is 224 g/mol. The van der Waals surface area contributed by atoms with Crippen LogP contribution in [0.15, 0.2) is 0 Å². The molecule has 98 valence electrons. The summed E-state index contributed by atoms with van der Waals surface area (Å²) >= 11 is -2.33. The molecule has 0 spiro atoms.